The van der Waals surface area contributed by atoms with E-state index in [2.05, 4.69) is 4.98 Å². The Morgan fingerprint density at radius 1 is 1.10 bits per heavy atom. The minimum absolute atomic E-state index is 0.225. The second-order valence-electron chi connectivity index (χ2n) is 9.65. The largest absolute Gasteiger partial charge is 0.495 e. The van der Waals surface area contributed by atoms with Crippen molar-refractivity contribution in [2.45, 2.75) is 30.2 Å². The monoisotopic (exact) mass is 639 g/mol. The van der Waals surface area contributed by atoms with Crippen molar-refractivity contribution in [1.29, 1.82) is 0 Å². The number of rotatable bonds is 10. The Labute approximate surface area is 249 Å². The molecule has 0 atom stereocenters. The first kappa shape index (κ1) is 31.4. The van der Waals surface area contributed by atoms with Gasteiger partial charge in [-0.05, 0) is 54.1 Å². The van der Waals surface area contributed by atoms with Crippen LogP contribution >= 0.6 is 23.4 Å². The number of hydrogen-bond donors (Lipinski definition) is 2. The molecule has 222 valence electrons. The molecule has 0 saturated heterocycles. The molecule has 2 N–H and O–H groups in total. The Kier molecular flexibility index (Phi) is 9.26. The van der Waals surface area contributed by atoms with Gasteiger partial charge in [-0.1, -0.05) is 43.3 Å². The number of carbonyl (C=O) groups is 1. The van der Waals surface area contributed by atoms with E-state index in [9.17, 15) is 26.4 Å². The number of ether oxygens (including phenoxy) is 1. The zero-order valence-electron chi connectivity index (χ0n) is 22.5. The minimum atomic E-state index is -4.52. The van der Waals surface area contributed by atoms with E-state index in [1.54, 1.807) is 35.0 Å². The molecule has 42 heavy (non-hydrogen) atoms. The van der Waals surface area contributed by atoms with Gasteiger partial charge in [0.2, 0.25) is 0 Å². The summed E-state index contributed by atoms with van der Waals surface area (Å²) >= 11 is 7.24. The maximum Gasteiger partial charge on any atom is 0.283 e. The average Bonchev–Trinajstić information content (AvgIpc) is 3.36. The molecule has 0 saturated carbocycles. The number of carbonyl (C=O) groups excluding carboxylic acids is 1. The predicted octanol–water partition coefficient (Wildman–Crippen LogP) is 6.14. The first-order valence-electron chi connectivity index (χ1n) is 12.2. The number of amides is 1. The van der Waals surface area contributed by atoms with Crippen LogP contribution in [0.4, 0.5) is 13.2 Å². The van der Waals surface area contributed by atoms with E-state index in [-0.39, 0.29) is 11.3 Å². The normalized spacial score (nSPS) is 11.9. The van der Waals surface area contributed by atoms with E-state index in [0.717, 1.165) is 29.5 Å². The van der Waals surface area contributed by atoms with Gasteiger partial charge in [-0.15, -0.1) is 0 Å². The van der Waals surface area contributed by atoms with Gasteiger partial charge >= 0.3 is 0 Å². The van der Waals surface area contributed by atoms with Gasteiger partial charge in [0.25, 0.3) is 16.0 Å². The van der Waals surface area contributed by atoms with E-state index in [4.69, 9.17) is 20.9 Å². The number of imidazole rings is 1. The molecule has 8 nitrogen and oxygen atoms in total. The molecule has 0 radical (unpaired) electrons. The molecule has 0 unspecified atom stereocenters. The number of hydrogen-bond acceptors (Lipinski definition) is 6. The van der Waals surface area contributed by atoms with Crippen LogP contribution in [0.3, 0.4) is 0 Å². The average molecular weight is 640 g/mol. The SMILES string of the molecule is COc1cc(C(C)(C)c2cnc(SCc3c(F)cc(C(=O)NCS(=O)(=O)O)cc3F)n2-c2ccc(F)cc2)ccc1Cl. The van der Waals surface area contributed by atoms with E-state index in [1.807, 2.05) is 25.2 Å². The summed E-state index contributed by atoms with van der Waals surface area (Å²) in [6.45, 7) is 3.90. The van der Waals surface area contributed by atoms with E-state index >= 15 is 0 Å². The molecule has 14 heteroatoms. The maximum atomic E-state index is 14.9. The minimum Gasteiger partial charge on any atom is -0.495 e. The lowest BCUT2D eigenvalue weighted by Crippen LogP contribution is -2.29. The lowest BCUT2D eigenvalue weighted by molar-refractivity contribution is 0.0958. The van der Waals surface area contributed by atoms with Crippen molar-refractivity contribution < 1.29 is 35.7 Å². The highest BCUT2D eigenvalue weighted by Crippen LogP contribution is 2.39. The highest BCUT2D eigenvalue weighted by molar-refractivity contribution is 7.98. The summed E-state index contributed by atoms with van der Waals surface area (Å²) in [5, 5.41) is 2.67. The Bertz CT molecular complexity index is 1720. The Balaban J connectivity index is 1.69. The number of thioether (sulfide) groups is 1. The molecular formula is C28H25ClF3N3O5S2. The van der Waals surface area contributed by atoms with Gasteiger partial charge < -0.3 is 10.1 Å². The fourth-order valence-corrected chi connectivity index (χ4v) is 5.70. The van der Waals surface area contributed by atoms with Gasteiger partial charge in [-0.3, -0.25) is 13.9 Å². The van der Waals surface area contributed by atoms with Crippen molar-refractivity contribution in [2.24, 2.45) is 0 Å². The van der Waals surface area contributed by atoms with Crippen molar-refractivity contribution in [3.05, 3.63) is 106 Å². The first-order chi connectivity index (χ1) is 19.7. The summed E-state index contributed by atoms with van der Waals surface area (Å²) in [7, 11) is -3.02. The molecule has 3 aromatic carbocycles. The summed E-state index contributed by atoms with van der Waals surface area (Å²) in [5.41, 5.74) is 0.593. The number of methoxy groups -OCH3 is 1. The zero-order valence-corrected chi connectivity index (χ0v) is 24.9. The van der Waals surface area contributed by atoms with Crippen molar-refractivity contribution >= 4 is 39.4 Å². The molecule has 1 heterocycles. The molecule has 1 aromatic heterocycles. The van der Waals surface area contributed by atoms with Gasteiger partial charge in [0.15, 0.2) is 5.16 Å². The van der Waals surface area contributed by atoms with Crippen molar-refractivity contribution in [2.75, 3.05) is 13.0 Å². The summed E-state index contributed by atoms with van der Waals surface area (Å²) in [4.78, 5) is 16.6. The quantitative estimate of drug-likeness (QED) is 0.158. The number of nitrogens with zero attached hydrogens (tertiary/aromatic N) is 2. The third kappa shape index (κ3) is 6.92. The van der Waals surface area contributed by atoms with Gasteiger partial charge in [0.05, 0.1) is 24.0 Å². The molecule has 1 amide bonds. The molecule has 0 aliphatic rings. The van der Waals surface area contributed by atoms with Gasteiger partial charge in [0, 0.05) is 28.0 Å². The van der Waals surface area contributed by atoms with Crippen LogP contribution in [0.2, 0.25) is 5.02 Å². The lowest BCUT2D eigenvalue weighted by atomic mass is 9.81. The highest BCUT2D eigenvalue weighted by Gasteiger charge is 2.30. The molecule has 0 bridgehead atoms. The first-order valence-corrected chi connectivity index (χ1v) is 15.2. The Hall–Kier alpha value is -3.52. The van der Waals surface area contributed by atoms with Crippen LogP contribution in [0.15, 0.2) is 66.0 Å². The lowest BCUT2D eigenvalue weighted by Gasteiger charge is -2.28. The number of nitrogens with one attached hydrogen (secondary N) is 1. The van der Waals surface area contributed by atoms with Gasteiger partial charge in [0.1, 0.15) is 29.1 Å². The van der Waals surface area contributed by atoms with Crippen LogP contribution in [-0.4, -0.2) is 41.4 Å². The molecule has 0 spiro atoms. The number of aromatic nitrogens is 2. The van der Waals surface area contributed by atoms with Crippen LogP contribution in [0, 0.1) is 17.5 Å². The standard InChI is InChI=1S/C28H25ClF3N3O5S2/c1-28(2,17-4-9-21(29)24(12-17)40-3)25-13-33-27(35(25)19-7-5-18(30)6-8-19)41-14-20-22(31)10-16(11-23(20)32)26(36)34-15-42(37,38)39/h4-13H,14-15H2,1-3H3,(H,34,36)(H,37,38,39). The number of benzene rings is 3. The predicted molar refractivity (Wildman–Crippen MR) is 153 cm³/mol. The fourth-order valence-electron chi connectivity index (χ4n) is 4.18. The van der Waals surface area contributed by atoms with Crippen LogP contribution in [0.5, 0.6) is 5.75 Å². The van der Waals surface area contributed by atoms with Crippen molar-refractivity contribution in [3.63, 3.8) is 0 Å². The van der Waals surface area contributed by atoms with Crippen LogP contribution in [-0.2, 0) is 21.3 Å². The van der Waals surface area contributed by atoms with Crippen LogP contribution in [0.1, 0.15) is 41.0 Å². The maximum absolute atomic E-state index is 14.9. The van der Waals surface area contributed by atoms with Crippen LogP contribution < -0.4 is 10.1 Å². The van der Waals surface area contributed by atoms with E-state index in [1.165, 1.54) is 19.2 Å². The topological polar surface area (TPSA) is 111 Å². The van der Waals surface area contributed by atoms with E-state index < -0.39 is 50.3 Å². The zero-order chi connectivity index (χ0) is 30.8. The molecule has 0 aliphatic carbocycles. The van der Waals surface area contributed by atoms with Gasteiger partial charge in [-0.2, -0.15) is 8.42 Å². The Morgan fingerprint density at radius 3 is 2.33 bits per heavy atom. The van der Waals surface area contributed by atoms with E-state index in [0.29, 0.717) is 27.3 Å². The molecule has 0 aliphatic heterocycles. The second-order valence-corrected chi connectivity index (χ2v) is 12.5. The second kappa shape index (κ2) is 12.4. The summed E-state index contributed by atoms with van der Waals surface area (Å²) in [6, 6.07) is 12.6. The molecule has 0 fully saturated rings. The molecule has 4 rings (SSSR count). The molecular weight excluding hydrogens is 615 g/mol. The van der Waals surface area contributed by atoms with Gasteiger partial charge in [-0.25, -0.2) is 18.2 Å². The third-order valence-electron chi connectivity index (χ3n) is 6.49. The Morgan fingerprint density at radius 2 is 1.74 bits per heavy atom. The summed E-state index contributed by atoms with van der Waals surface area (Å²) in [5.74, 6) is -4.45. The van der Waals surface area contributed by atoms with Crippen molar-refractivity contribution in [1.82, 2.24) is 14.9 Å². The summed E-state index contributed by atoms with van der Waals surface area (Å²) in [6.07, 6.45) is 1.63. The third-order valence-corrected chi connectivity index (χ3v) is 8.29. The molecule has 4 aromatic rings. The smallest absolute Gasteiger partial charge is 0.283 e. The fraction of sp³-hybridized carbons (Fsp3) is 0.214. The highest BCUT2D eigenvalue weighted by atomic mass is 35.5. The number of halogens is 4. The summed E-state index contributed by atoms with van der Waals surface area (Å²) < 4.78 is 81.3. The van der Waals surface area contributed by atoms with Crippen LogP contribution in [0.25, 0.3) is 5.69 Å². The van der Waals surface area contributed by atoms with Crippen molar-refractivity contribution in [3.8, 4) is 11.4 Å².